The molecule has 1 aromatic rings. The number of Topliss-reactive ketones (excluding diaryl/α,β-unsaturated/α-hetero) is 1. The standard InChI is InChI=1S/C13H17Cl2NO/c1-3-7-13(2,16)12(17)8-9-10(14)5-4-6-11(9)15/h4-6H,3,7-8,16H2,1-2H3. The minimum Gasteiger partial charge on any atom is -0.319 e. The van der Waals surface area contributed by atoms with Gasteiger partial charge < -0.3 is 5.73 Å². The van der Waals surface area contributed by atoms with Crippen molar-refractivity contribution in [2.75, 3.05) is 0 Å². The molecule has 0 aliphatic rings. The molecule has 17 heavy (non-hydrogen) atoms. The molecule has 1 aromatic carbocycles. The lowest BCUT2D eigenvalue weighted by Crippen LogP contribution is -2.45. The Morgan fingerprint density at radius 1 is 1.35 bits per heavy atom. The van der Waals surface area contributed by atoms with Gasteiger partial charge in [0.2, 0.25) is 0 Å². The summed E-state index contributed by atoms with van der Waals surface area (Å²) < 4.78 is 0. The van der Waals surface area contributed by atoms with Crippen LogP contribution < -0.4 is 5.73 Å². The predicted octanol–water partition coefficient (Wildman–Crippen LogP) is 3.62. The van der Waals surface area contributed by atoms with Crippen LogP contribution in [0.5, 0.6) is 0 Å². The van der Waals surface area contributed by atoms with Crippen molar-refractivity contribution >= 4 is 29.0 Å². The predicted molar refractivity (Wildman–Crippen MR) is 72.7 cm³/mol. The van der Waals surface area contributed by atoms with Crippen LogP contribution in [-0.2, 0) is 11.2 Å². The second-order valence-electron chi connectivity index (χ2n) is 4.47. The largest absolute Gasteiger partial charge is 0.319 e. The Bertz CT molecular complexity index is 396. The van der Waals surface area contributed by atoms with E-state index in [-0.39, 0.29) is 12.2 Å². The van der Waals surface area contributed by atoms with Gasteiger partial charge in [0.25, 0.3) is 0 Å². The molecule has 0 aliphatic carbocycles. The number of carbonyl (C=O) groups excluding carboxylic acids is 1. The van der Waals surface area contributed by atoms with Crippen LogP contribution in [-0.4, -0.2) is 11.3 Å². The average Bonchev–Trinajstić information content (AvgIpc) is 2.23. The average molecular weight is 274 g/mol. The summed E-state index contributed by atoms with van der Waals surface area (Å²) in [5.74, 6) is -0.0330. The Labute approximate surface area is 112 Å². The molecular formula is C13H17Cl2NO. The highest BCUT2D eigenvalue weighted by Crippen LogP contribution is 2.26. The number of nitrogens with two attached hydrogens (primary N) is 1. The molecule has 1 unspecified atom stereocenters. The molecule has 0 aromatic heterocycles. The van der Waals surface area contributed by atoms with E-state index in [0.29, 0.717) is 22.0 Å². The second-order valence-corrected chi connectivity index (χ2v) is 5.28. The number of rotatable bonds is 5. The molecule has 0 spiro atoms. The quantitative estimate of drug-likeness (QED) is 0.891. The van der Waals surface area contributed by atoms with Gasteiger partial charge in [-0.15, -0.1) is 0 Å². The highest BCUT2D eigenvalue weighted by atomic mass is 35.5. The van der Waals surface area contributed by atoms with Gasteiger partial charge >= 0.3 is 0 Å². The first-order valence-electron chi connectivity index (χ1n) is 5.63. The van der Waals surface area contributed by atoms with Gasteiger partial charge in [-0.25, -0.2) is 0 Å². The van der Waals surface area contributed by atoms with Crippen molar-refractivity contribution < 1.29 is 4.79 Å². The van der Waals surface area contributed by atoms with E-state index in [1.807, 2.05) is 6.92 Å². The normalized spacial score (nSPS) is 14.4. The van der Waals surface area contributed by atoms with E-state index in [2.05, 4.69) is 0 Å². The maximum Gasteiger partial charge on any atom is 0.156 e. The lowest BCUT2D eigenvalue weighted by molar-refractivity contribution is -0.123. The van der Waals surface area contributed by atoms with E-state index in [1.165, 1.54) is 0 Å². The Morgan fingerprint density at radius 2 is 1.88 bits per heavy atom. The Hall–Kier alpha value is -0.570. The first-order valence-corrected chi connectivity index (χ1v) is 6.39. The van der Waals surface area contributed by atoms with Crippen molar-refractivity contribution in [1.82, 2.24) is 0 Å². The molecule has 0 amide bonds. The molecule has 0 bridgehead atoms. The minimum atomic E-state index is -0.808. The Balaban J connectivity index is 2.88. The summed E-state index contributed by atoms with van der Waals surface area (Å²) in [6, 6.07) is 5.21. The molecule has 0 heterocycles. The zero-order chi connectivity index (χ0) is 13.1. The van der Waals surface area contributed by atoms with Crippen molar-refractivity contribution in [3.05, 3.63) is 33.8 Å². The molecule has 1 atom stereocenters. The fraction of sp³-hybridized carbons (Fsp3) is 0.462. The summed E-state index contributed by atoms with van der Waals surface area (Å²) >= 11 is 12.0. The second kappa shape index (κ2) is 5.85. The molecule has 94 valence electrons. The molecule has 4 heteroatoms. The maximum atomic E-state index is 12.1. The van der Waals surface area contributed by atoms with Gasteiger partial charge in [-0.1, -0.05) is 42.6 Å². The summed E-state index contributed by atoms with van der Waals surface area (Å²) in [6.45, 7) is 3.75. The van der Waals surface area contributed by atoms with Crippen molar-refractivity contribution in [2.24, 2.45) is 5.73 Å². The Kier molecular flexibility index (Phi) is 4.99. The lowest BCUT2D eigenvalue weighted by atomic mass is 9.88. The van der Waals surface area contributed by atoms with E-state index in [4.69, 9.17) is 28.9 Å². The molecule has 0 saturated carbocycles. The molecule has 1 rings (SSSR count). The van der Waals surface area contributed by atoms with Crippen LogP contribution in [0.3, 0.4) is 0 Å². The summed E-state index contributed by atoms with van der Waals surface area (Å²) in [5.41, 5.74) is 5.84. The van der Waals surface area contributed by atoms with Crippen LogP contribution in [0.4, 0.5) is 0 Å². The number of benzene rings is 1. The summed E-state index contributed by atoms with van der Waals surface area (Å²) in [5, 5.41) is 1.02. The van der Waals surface area contributed by atoms with Crippen LogP contribution in [0.1, 0.15) is 32.3 Å². The first-order chi connectivity index (χ1) is 7.88. The van der Waals surface area contributed by atoms with Gasteiger partial charge in [-0.3, -0.25) is 4.79 Å². The van der Waals surface area contributed by atoms with Crippen LogP contribution in [0.25, 0.3) is 0 Å². The smallest absolute Gasteiger partial charge is 0.156 e. The number of halogens is 2. The van der Waals surface area contributed by atoms with Crippen molar-refractivity contribution in [1.29, 1.82) is 0 Å². The summed E-state index contributed by atoms with van der Waals surface area (Å²) in [7, 11) is 0. The minimum absolute atomic E-state index is 0.0330. The maximum absolute atomic E-state index is 12.1. The lowest BCUT2D eigenvalue weighted by Gasteiger charge is -2.22. The van der Waals surface area contributed by atoms with Crippen LogP contribution >= 0.6 is 23.2 Å². The highest BCUT2D eigenvalue weighted by molar-refractivity contribution is 6.36. The topological polar surface area (TPSA) is 43.1 Å². The zero-order valence-electron chi connectivity index (χ0n) is 10.1. The van der Waals surface area contributed by atoms with Crippen molar-refractivity contribution in [3.63, 3.8) is 0 Å². The first kappa shape index (κ1) is 14.5. The van der Waals surface area contributed by atoms with Crippen molar-refractivity contribution in [3.8, 4) is 0 Å². The SMILES string of the molecule is CCCC(C)(N)C(=O)Cc1c(Cl)cccc1Cl. The van der Waals surface area contributed by atoms with Gasteiger partial charge in [0.1, 0.15) is 0 Å². The molecule has 0 fully saturated rings. The molecule has 2 nitrogen and oxygen atoms in total. The number of ketones is 1. The molecule has 0 aliphatic heterocycles. The van der Waals surface area contributed by atoms with E-state index >= 15 is 0 Å². The summed E-state index contributed by atoms with van der Waals surface area (Å²) in [4.78, 5) is 12.1. The number of carbonyl (C=O) groups is 1. The zero-order valence-corrected chi connectivity index (χ0v) is 11.6. The van der Waals surface area contributed by atoms with E-state index in [9.17, 15) is 4.79 Å². The van der Waals surface area contributed by atoms with Crippen molar-refractivity contribution in [2.45, 2.75) is 38.6 Å². The molecular weight excluding hydrogens is 257 g/mol. The Morgan fingerprint density at radius 3 is 2.35 bits per heavy atom. The third-order valence-corrected chi connectivity index (χ3v) is 3.51. The number of hydrogen-bond donors (Lipinski definition) is 1. The molecule has 0 saturated heterocycles. The van der Waals surface area contributed by atoms with Crippen LogP contribution in [0.15, 0.2) is 18.2 Å². The fourth-order valence-corrected chi connectivity index (χ4v) is 2.25. The van der Waals surface area contributed by atoms with E-state index in [0.717, 1.165) is 6.42 Å². The summed E-state index contributed by atoms with van der Waals surface area (Å²) in [6.07, 6.45) is 1.72. The van der Waals surface area contributed by atoms with E-state index < -0.39 is 5.54 Å². The van der Waals surface area contributed by atoms with Crippen LogP contribution in [0, 0.1) is 0 Å². The third-order valence-electron chi connectivity index (χ3n) is 2.81. The highest BCUT2D eigenvalue weighted by Gasteiger charge is 2.27. The molecule has 2 N–H and O–H groups in total. The van der Waals surface area contributed by atoms with Gasteiger partial charge in [0.05, 0.1) is 5.54 Å². The molecule has 0 radical (unpaired) electrons. The van der Waals surface area contributed by atoms with Gasteiger partial charge in [0, 0.05) is 16.5 Å². The third kappa shape index (κ3) is 3.70. The monoisotopic (exact) mass is 273 g/mol. The van der Waals surface area contributed by atoms with Crippen LogP contribution in [0.2, 0.25) is 10.0 Å². The van der Waals surface area contributed by atoms with E-state index in [1.54, 1.807) is 25.1 Å². The number of hydrogen-bond acceptors (Lipinski definition) is 2. The van der Waals surface area contributed by atoms with Gasteiger partial charge in [0.15, 0.2) is 5.78 Å². The van der Waals surface area contributed by atoms with Gasteiger partial charge in [-0.05, 0) is 31.0 Å². The fourth-order valence-electron chi connectivity index (χ4n) is 1.72. The van der Waals surface area contributed by atoms with Gasteiger partial charge in [-0.2, -0.15) is 0 Å².